The van der Waals surface area contributed by atoms with Gasteiger partial charge in [-0.15, -0.1) is 0 Å². The van der Waals surface area contributed by atoms with Gasteiger partial charge in [-0.05, 0) is 75.4 Å². The summed E-state index contributed by atoms with van der Waals surface area (Å²) in [6, 6.07) is 13.2. The molecule has 1 unspecified atom stereocenters. The zero-order chi connectivity index (χ0) is 24.4. The number of halogens is 2. The molecule has 1 saturated heterocycles. The molecule has 1 aliphatic carbocycles. The van der Waals surface area contributed by atoms with Crippen LogP contribution in [0.1, 0.15) is 56.7 Å². The first-order valence-electron chi connectivity index (χ1n) is 12.3. The van der Waals surface area contributed by atoms with Gasteiger partial charge in [-0.1, -0.05) is 41.8 Å². The Kier molecular flexibility index (Phi) is 7.96. The molecule has 2 aromatic rings. The molecule has 5 nitrogen and oxygen atoms in total. The third-order valence-electron chi connectivity index (χ3n) is 7.50. The first kappa shape index (κ1) is 25.2. The maximum atomic E-state index is 11.7. The van der Waals surface area contributed by atoms with Gasteiger partial charge in [-0.2, -0.15) is 0 Å². The molecule has 1 amide bonds. The van der Waals surface area contributed by atoms with E-state index in [9.17, 15) is 4.79 Å². The minimum Gasteiger partial charge on any atom is -0.377 e. The second-order valence-electron chi connectivity index (χ2n) is 10.0. The third-order valence-corrected chi connectivity index (χ3v) is 8.16. The number of carbonyl (C=O) groups excluding carboxylic acids is 1. The number of benzene rings is 2. The number of piperazine rings is 1. The SMILES string of the molecule is Cc1ccc(C(C)Nc2cc(N3CCN([C@@H]4CCC[C@H](C(N)=O)C4)C[C@@H]3C)ccc2Cl)c(Cl)c1. The number of nitrogens with two attached hydrogens (primary N) is 1. The molecule has 1 aliphatic heterocycles. The quantitative estimate of drug-likeness (QED) is 0.506. The van der Waals surface area contributed by atoms with Crippen molar-refractivity contribution in [3.05, 3.63) is 57.6 Å². The van der Waals surface area contributed by atoms with E-state index in [4.69, 9.17) is 28.9 Å². The van der Waals surface area contributed by atoms with Crippen molar-refractivity contribution in [1.82, 2.24) is 4.90 Å². The molecule has 7 heteroatoms. The van der Waals surface area contributed by atoms with Crippen LogP contribution in [0.4, 0.5) is 11.4 Å². The Morgan fingerprint density at radius 1 is 1.12 bits per heavy atom. The fourth-order valence-electron chi connectivity index (χ4n) is 5.55. The van der Waals surface area contributed by atoms with Gasteiger partial charge in [0.25, 0.3) is 0 Å². The summed E-state index contributed by atoms with van der Waals surface area (Å²) < 4.78 is 0. The number of primary amides is 1. The monoisotopic (exact) mass is 502 g/mol. The van der Waals surface area contributed by atoms with Gasteiger partial charge in [0.1, 0.15) is 0 Å². The molecule has 2 fully saturated rings. The maximum absolute atomic E-state index is 11.7. The van der Waals surface area contributed by atoms with Crippen molar-refractivity contribution in [2.75, 3.05) is 29.9 Å². The Hall–Kier alpha value is -1.95. The summed E-state index contributed by atoms with van der Waals surface area (Å²) in [7, 11) is 0. The molecule has 0 aromatic heterocycles. The van der Waals surface area contributed by atoms with Gasteiger partial charge in [0.2, 0.25) is 5.91 Å². The Labute approximate surface area is 213 Å². The standard InChI is InChI=1S/C27H36Cl2N4O/c1-17-7-9-23(25(29)13-17)19(3)31-26-15-22(8-10-24(26)28)33-12-11-32(16-18(33)2)21-6-4-5-20(14-21)27(30)34/h7-10,13,15,18-21,31H,4-6,11-12,14,16H2,1-3H3,(H2,30,34)/t18-,19?,20-,21+/m0/s1. The number of nitrogens with zero attached hydrogens (tertiary/aromatic N) is 2. The number of carbonyl (C=O) groups is 1. The summed E-state index contributed by atoms with van der Waals surface area (Å²) in [6.07, 6.45) is 4.08. The van der Waals surface area contributed by atoms with Crippen molar-refractivity contribution >= 4 is 40.5 Å². The average molecular weight is 504 g/mol. The molecule has 34 heavy (non-hydrogen) atoms. The smallest absolute Gasteiger partial charge is 0.220 e. The summed E-state index contributed by atoms with van der Waals surface area (Å²) in [5.74, 6) is -0.111. The zero-order valence-corrected chi connectivity index (χ0v) is 21.9. The molecular formula is C27H36Cl2N4O. The second kappa shape index (κ2) is 10.8. The van der Waals surface area contributed by atoms with Gasteiger partial charge in [0.05, 0.1) is 16.8 Å². The lowest BCUT2D eigenvalue weighted by atomic mass is 9.84. The molecule has 0 radical (unpaired) electrons. The van der Waals surface area contributed by atoms with E-state index in [1.165, 1.54) is 5.69 Å². The van der Waals surface area contributed by atoms with E-state index in [0.717, 1.165) is 67.2 Å². The van der Waals surface area contributed by atoms with E-state index in [-0.39, 0.29) is 17.9 Å². The van der Waals surface area contributed by atoms with E-state index in [1.807, 2.05) is 19.1 Å². The molecule has 4 rings (SSSR count). The zero-order valence-electron chi connectivity index (χ0n) is 20.4. The number of rotatable bonds is 6. The summed E-state index contributed by atoms with van der Waals surface area (Å²) in [5, 5.41) is 5.02. The van der Waals surface area contributed by atoms with Crippen LogP contribution in [0, 0.1) is 12.8 Å². The van der Waals surface area contributed by atoms with Crippen LogP contribution in [0.2, 0.25) is 10.0 Å². The Morgan fingerprint density at radius 2 is 1.91 bits per heavy atom. The van der Waals surface area contributed by atoms with Gasteiger partial charge in [0, 0.05) is 48.3 Å². The number of hydrogen-bond acceptors (Lipinski definition) is 4. The Balaban J connectivity index is 1.44. The molecule has 4 atom stereocenters. The highest BCUT2D eigenvalue weighted by Crippen LogP contribution is 2.35. The summed E-state index contributed by atoms with van der Waals surface area (Å²) in [5.41, 5.74) is 9.88. The summed E-state index contributed by atoms with van der Waals surface area (Å²) in [4.78, 5) is 16.7. The van der Waals surface area contributed by atoms with Gasteiger partial charge >= 0.3 is 0 Å². The van der Waals surface area contributed by atoms with Gasteiger partial charge < -0.3 is 16.0 Å². The fraction of sp³-hybridized carbons (Fsp3) is 0.519. The van der Waals surface area contributed by atoms with E-state index in [0.29, 0.717) is 17.1 Å². The highest BCUT2D eigenvalue weighted by Gasteiger charge is 2.33. The van der Waals surface area contributed by atoms with Crippen LogP contribution in [0.3, 0.4) is 0 Å². The predicted octanol–water partition coefficient (Wildman–Crippen LogP) is 6.03. The van der Waals surface area contributed by atoms with Crippen LogP contribution in [-0.4, -0.2) is 42.5 Å². The molecule has 0 spiro atoms. The van der Waals surface area contributed by atoms with Gasteiger partial charge in [-0.25, -0.2) is 0 Å². The van der Waals surface area contributed by atoms with Gasteiger partial charge in [0.15, 0.2) is 0 Å². The van der Waals surface area contributed by atoms with Crippen LogP contribution in [0.25, 0.3) is 0 Å². The van der Waals surface area contributed by atoms with Gasteiger partial charge in [-0.3, -0.25) is 9.69 Å². The lowest BCUT2D eigenvalue weighted by Gasteiger charge is -2.46. The van der Waals surface area contributed by atoms with Crippen molar-refractivity contribution < 1.29 is 4.79 Å². The van der Waals surface area contributed by atoms with Crippen molar-refractivity contribution in [3.63, 3.8) is 0 Å². The highest BCUT2D eigenvalue weighted by molar-refractivity contribution is 6.33. The molecule has 1 saturated carbocycles. The van der Waals surface area contributed by atoms with Crippen LogP contribution in [0.15, 0.2) is 36.4 Å². The van der Waals surface area contributed by atoms with E-state index in [2.05, 4.69) is 53.2 Å². The first-order chi connectivity index (χ1) is 16.2. The number of anilines is 2. The lowest BCUT2D eigenvalue weighted by molar-refractivity contribution is -0.123. The van der Waals surface area contributed by atoms with Crippen molar-refractivity contribution in [1.29, 1.82) is 0 Å². The molecular weight excluding hydrogens is 467 g/mol. The minimum atomic E-state index is -0.140. The molecule has 3 N–H and O–H groups in total. The number of aryl methyl sites for hydroxylation is 1. The molecule has 2 aliphatic rings. The van der Waals surface area contributed by atoms with Crippen LogP contribution in [-0.2, 0) is 4.79 Å². The van der Waals surface area contributed by atoms with Crippen LogP contribution >= 0.6 is 23.2 Å². The third kappa shape index (κ3) is 5.64. The molecule has 2 aromatic carbocycles. The maximum Gasteiger partial charge on any atom is 0.220 e. The molecule has 1 heterocycles. The summed E-state index contributed by atoms with van der Waals surface area (Å²) >= 11 is 13.1. The normalized spacial score (nSPS) is 24.6. The number of amides is 1. The minimum absolute atomic E-state index is 0.0274. The number of hydrogen-bond donors (Lipinski definition) is 2. The van der Waals surface area contributed by atoms with Crippen molar-refractivity contribution in [2.45, 2.75) is 64.6 Å². The first-order valence-corrected chi connectivity index (χ1v) is 13.1. The summed E-state index contributed by atoms with van der Waals surface area (Å²) in [6.45, 7) is 9.33. The topological polar surface area (TPSA) is 61.6 Å². The molecule has 0 bridgehead atoms. The molecule has 184 valence electrons. The Morgan fingerprint density at radius 3 is 2.62 bits per heavy atom. The average Bonchev–Trinajstić information content (AvgIpc) is 2.80. The number of nitrogens with one attached hydrogen (secondary N) is 1. The lowest BCUT2D eigenvalue weighted by Crippen LogP contribution is -2.56. The van der Waals surface area contributed by atoms with Crippen molar-refractivity contribution in [3.8, 4) is 0 Å². The second-order valence-corrected chi connectivity index (χ2v) is 10.8. The van der Waals surface area contributed by atoms with Crippen molar-refractivity contribution in [2.24, 2.45) is 11.7 Å². The highest BCUT2D eigenvalue weighted by atomic mass is 35.5. The largest absolute Gasteiger partial charge is 0.377 e. The fourth-order valence-corrected chi connectivity index (χ4v) is 6.12. The van der Waals surface area contributed by atoms with Crippen LogP contribution in [0.5, 0.6) is 0 Å². The van der Waals surface area contributed by atoms with Crippen LogP contribution < -0.4 is 16.0 Å². The van der Waals surface area contributed by atoms with E-state index >= 15 is 0 Å². The van der Waals surface area contributed by atoms with E-state index in [1.54, 1.807) is 0 Å². The Bertz CT molecular complexity index is 1030. The van der Waals surface area contributed by atoms with E-state index < -0.39 is 0 Å². The predicted molar refractivity (Wildman–Crippen MR) is 143 cm³/mol.